The highest BCUT2D eigenvalue weighted by Gasteiger charge is 2.02. The van der Waals surface area contributed by atoms with Crippen LogP contribution in [0.5, 0.6) is 0 Å². The van der Waals surface area contributed by atoms with E-state index >= 15 is 0 Å². The number of hydrogen-bond acceptors (Lipinski definition) is 8. The van der Waals surface area contributed by atoms with E-state index in [2.05, 4.69) is 4.74 Å². The van der Waals surface area contributed by atoms with Crippen LogP contribution in [-0.2, 0) is 38.0 Å². The second kappa shape index (κ2) is 19.8. The molecule has 0 aliphatic heterocycles. The van der Waals surface area contributed by atoms with Crippen LogP contribution in [0.15, 0.2) is 0 Å². The molecule has 24 heavy (non-hydrogen) atoms. The van der Waals surface area contributed by atoms with Crippen LogP contribution < -0.4 is 0 Å². The topological polar surface area (TPSA) is 89.5 Å². The van der Waals surface area contributed by atoms with E-state index in [0.29, 0.717) is 85.2 Å². The lowest BCUT2D eigenvalue weighted by Crippen LogP contribution is -2.14. The van der Waals surface area contributed by atoms with Crippen LogP contribution in [0.4, 0.5) is 0 Å². The van der Waals surface area contributed by atoms with Gasteiger partial charge in [0.2, 0.25) is 0 Å². The van der Waals surface area contributed by atoms with Crippen LogP contribution in [0, 0.1) is 0 Å². The number of rotatable bonds is 19. The minimum atomic E-state index is -0.273. The van der Waals surface area contributed by atoms with E-state index in [1.54, 1.807) is 0 Å². The first-order valence-electron chi connectivity index (χ1n) is 8.33. The molecule has 0 aliphatic carbocycles. The fourth-order valence-corrected chi connectivity index (χ4v) is 1.59. The highest BCUT2D eigenvalue weighted by atomic mass is 16.6. The van der Waals surface area contributed by atoms with E-state index in [-0.39, 0.29) is 12.6 Å². The van der Waals surface area contributed by atoms with Gasteiger partial charge in [-0.05, 0) is 19.8 Å². The standard InChI is InChI=1S/C16H30O8/c1-2-19-7-8-20-9-10-21-11-12-22-13-14-24-16(18)5-3-4-6-23-15-17/h15H,2-14H2,1H3. The second-order valence-corrected chi connectivity index (χ2v) is 4.68. The molecule has 0 aliphatic rings. The summed E-state index contributed by atoms with van der Waals surface area (Å²) in [4.78, 5) is 21.2. The highest BCUT2D eigenvalue weighted by Crippen LogP contribution is 1.98. The minimum Gasteiger partial charge on any atom is -0.468 e. The van der Waals surface area contributed by atoms with E-state index in [4.69, 9.17) is 23.7 Å². The normalized spacial score (nSPS) is 10.5. The average molecular weight is 350 g/mol. The molecule has 0 spiro atoms. The van der Waals surface area contributed by atoms with Crippen molar-refractivity contribution in [3.63, 3.8) is 0 Å². The Kier molecular flexibility index (Phi) is 18.8. The molecule has 0 unspecified atom stereocenters. The third kappa shape index (κ3) is 18.8. The van der Waals surface area contributed by atoms with Gasteiger partial charge in [-0.15, -0.1) is 0 Å². The summed E-state index contributed by atoms with van der Waals surface area (Å²) in [5.41, 5.74) is 0. The molecule has 0 aromatic rings. The van der Waals surface area contributed by atoms with Gasteiger partial charge < -0.3 is 28.4 Å². The van der Waals surface area contributed by atoms with Gasteiger partial charge in [0.05, 0.1) is 52.9 Å². The summed E-state index contributed by atoms with van der Waals surface area (Å²) in [6.45, 7) is 7.07. The Hall–Kier alpha value is -1.22. The second-order valence-electron chi connectivity index (χ2n) is 4.68. The van der Waals surface area contributed by atoms with Gasteiger partial charge in [-0.1, -0.05) is 0 Å². The quantitative estimate of drug-likeness (QED) is 0.193. The molecule has 8 heteroatoms. The zero-order valence-corrected chi connectivity index (χ0v) is 14.5. The molecule has 0 bridgehead atoms. The van der Waals surface area contributed by atoms with Crippen molar-refractivity contribution < 1.29 is 38.0 Å². The van der Waals surface area contributed by atoms with Crippen LogP contribution in [0.2, 0.25) is 0 Å². The van der Waals surface area contributed by atoms with Crippen molar-refractivity contribution in [2.75, 3.05) is 66.1 Å². The van der Waals surface area contributed by atoms with Crippen LogP contribution in [-0.4, -0.2) is 78.5 Å². The molecule has 0 fully saturated rings. The number of carbonyl (C=O) groups excluding carboxylic acids is 2. The van der Waals surface area contributed by atoms with Crippen molar-refractivity contribution in [1.29, 1.82) is 0 Å². The van der Waals surface area contributed by atoms with Gasteiger partial charge in [0.15, 0.2) is 0 Å². The summed E-state index contributed by atoms with van der Waals surface area (Å²) in [5.74, 6) is -0.273. The number of esters is 1. The SMILES string of the molecule is CCOCCOCCOCCOCCOC(=O)CCCCOC=O. The Labute approximate surface area is 143 Å². The fourth-order valence-electron chi connectivity index (χ4n) is 1.59. The summed E-state index contributed by atoms with van der Waals surface area (Å²) in [5, 5.41) is 0. The Morgan fingerprint density at radius 2 is 1.29 bits per heavy atom. The van der Waals surface area contributed by atoms with Gasteiger partial charge >= 0.3 is 5.97 Å². The number of ether oxygens (including phenoxy) is 6. The van der Waals surface area contributed by atoms with Gasteiger partial charge in [-0.2, -0.15) is 0 Å². The summed E-state index contributed by atoms with van der Waals surface area (Å²) < 4.78 is 30.5. The third-order valence-corrected chi connectivity index (χ3v) is 2.77. The van der Waals surface area contributed by atoms with Crippen molar-refractivity contribution in [1.82, 2.24) is 0 Å². The molecule has 0 radical (unpaired) electrons. The lowest BCUT2D eigenvalue weighted by molar-refractivity contribution is -0.145. The molecule has 0 atom stereocenters. The van der Waals surface area contributed by atoms with Crippen LogP contribution in [0.25, 0.3) is 0 Å². The molecule has 0 saturated heterocycles. The minimum absolute atomic E-state index is 0.226. The summed E-state index contributed by atoms with van der Waals surface area (Å²) in [6, 6.07) is 0. The van der Waals surface area contributed by atoms with Gasteiger partial charge in [-0.3, -0.25) is 9.59 Å². The van der Waals surface area contributed by atoms with Gasteiger partial charge in [0.25, 0.3) is 6.47 Å². The Balaban J connectivity index is 3.11. The maximum absolute atomic E-state index is 11.3. The first-order chi connectivity index (χ1) is 11.8. The number of unbranched alkanes of at least 4 members (excludes halogenated alkanes) is 1. The predicted molar refractivity (Wildman–Crippen MR) is 85.8 cm³/mol. The molecule has 0 aromatic carbocycles. The molecule has 8 nitrogen and oxygen atoms in total. The smallest absolute Gasteiger partial charge is 0.305 e. The number of hydrogen-bond donors (Lipinski definition) is 0. The molecule has 142 valence electrons. The largest absolute Gasteiger partial charge is 0.468 e. The van der Waals surface area contributed by atoms with Crippen LogP contribution in [0.1, 0.15) is 26.2 Å². The Bertz CT molecular complexity index is 285. The lowest BCUT2D eigenvalue weighted by atomic mass is 10.2. The van der Waals surface area contributed by atoms with Gasteiger partial charge in [0, 0.05) is 13.0 Å². The van der Waals surface area contributed by atoms with E-state index in [1.807, 2.05) is 6.92 Å². The third-order valence-electron chi connectivity index (χ3n) is 2.77. The molecule has 0 rings (SSSR count). The van der Waals surface area contributed by atoms with E-state index in [0.717, 1.165) is 0 Å². The maximum Gasteiger partial charge on any atom is 0.305 e. The molecule has 0 amide bonds. The first kappa shape index (κ1) is 22.8. The number of carbonyl (C=O) groups is 2. The van der Waals surface area contributed by atoms with Crippen LogP contribution in [0.3, 0.4) is 0 Å². The highest BCUT2D eigenvalue weighted by molar-refractivity contribution is 5.69. The van der Waals surface area contributed by atoms with Crippen molar-refractivity contribution in [2.24, 2.45) is 0 Å². The van der Waals surface area contributed by atoms with E-state index in [9.17, 15) is 9.59 Å². The van der Waals surface area contributed by atoms with Crippen molar-refractivity contribution in [3.8, 4) is 0 Å². The lowest BCUT2D eigenvalue weighted by Gasteiger charge is -2.07. The zero-order chi connectivity index (χ0) is 17.7. The Morgan fingerprint density at radius 1 is 0.750 bits per heavy atom. The molecule has 0 N–H and O–H groups in total. The zero-order valence-electron chi connectivity index (χ0n) is 14.5. The molecule has 0 saturated carbocycles. The van der Waals surface area contributed by atoms with E-state index < -0.39 is 0 Å². The van der Waals surface area contributed by atoms with Crippen molar-refractivity contribution >= 4 is 12.4 Å². The average Bonchev–Trinajstić information content (AvgIpc) is 2.59. The molecule has 0 aromatic heterocycles. The predicted octanol–water partition coefficient (Wildman–Crippen LogP) is 0.959. The fraction of sp³-hybridized carbons (Fsp3) is 0.875. The molecule has 0 heterocycles. The van der Waals surface area contributed by atoms with Crippen molar-refractivity contribution in [3.05, 3.63) is 0 Å². The summed E-state index contributed by atoms with van der Waals surface area (Å²) in [6.07, 6.45) is 1.60. The van der Waals surface area contributed by atoms with Gasteiger partial charge in [0.1, 0.15) is 6.61 Å². The summed E-state index contributed by atoms with van der Waals surface area (Å²) in [7, 11) is 0. The van der Waals surface area contributed by atoms with Crippen molar-refractivity contribution in [2.45, 2.75) is 26.2 Å². The molecular weight excluding hydrogens is 320 g/mol. The maximum atomic E-state index is 11.3. The van der Waals surface area contributed by atoms with Crippen LogP contribution >= 0.6 is 0 Å². The van der Waals surface area contributed by atoms with Gasteiger partial charge in [-0.25, -0.2) is 0 Å². The monoisotopic (exact) mass is 350 g/mol. The Morgan fingerprint density at radius 3 is 1.83 bits per heavy atom. The van der Waals surface area contributed by atoms with E-state index in [1.165, 1.54) is 0 Å². The molecular formula is C16H30O8. The first-order valence-corrected chi connectivity index (χ1v) is 8.33. The summed E-state index contributed by atoms with van der Waals surface area (Å²) >= 11 is 0.